The highest BCUT2D eigenvalue weighted by Crippen LogP contribution is 2.17. The van der Waals surface area contributed by atoms with E-state index in [-0.39, 0.29) is 17.6 Å². The van der Waals surface area contributed by atoms with E-state index in [0.717, 1.165) is 6.42 Å². The summed E-state index contributed by atoms with van der Waals surface area (Å²) in [6.07, 6.45) is 0.857. The van der Waals surface area contributed by atoms with Crippen molar-refractivity contribution in [2.45, 2.75) is 33.2 Å². The van der Waals surface area contributed by atoms with Gasteiger partial charge in [0.2, 0.25) is 0 Å². The second-order valence-corrected chi connectivity index (χ2v) is 4.81. The Morgan fingerprint density at radius 1 is 1.50 bits per heavy atom. The second-order valence-electron chi connectivity index (χ2n) is 4.40. The highest BCUT2D eigenvalue weighted by molar-refractivity contribution is 6.33. The van der Waals surface area contributed by atoms with E-state index < -0.39 is 0 Å². The Morgan fingerprint density at radius 3 is 2.67 bits per heavy atom. The van der Waals surface area contributed by atoms with Crippen molar-refractivity contribution in [3.63, 3.8) is 0 Å². The molecule has 100 valence electrons. The quantitative estimate of drug-likeness (QED) is 0.566. The molecule has 5 nitrogen and oxygen atoms in total. The smallest absolute Gasteiger partial charge is 0.271 e. The molecule has 0 spiro atoms. The summed E-state index contributed by atoms with van der Waals surface area (Å²) in [4.78, 5) is 16.1. The lowest BCUT2D eigenvalue weighted by Gasteiger charge is -2.20. The van der Waals surface area contributed by atoms with Crippen molar-refractivity contribution in [1.82, 2.24) is 10.3 Å². The maximum absolute atomic E-state index is 12.1. The standard InChI is InChI=1S/C12H19ClN4O/c1-4-9(7(2)3)15-12(18)11-8(13)5-6-10(16-11)17-14/h5-7,9H,4,14H2,1-3H3,(H,15,18)(H,16,17). The van der Waals surface area contributed by atoms with Crippen LogP contribution in [-0.4, -0.2) is 16.9 Å². The van der Waals surface area contributed by atoms with Crippen LogP contribution < -0.4 is 16.6 Å². The summed E-state index contributed by atoms with van der Waals surface area (Å²) in [6, 6.07) is 3.30. The van der Waals surface area contributed by atoms with Crippen LogP contribution in [0.15, 0.2) is 12.1 Å². The topological polar surface area (TPSA) is 80.0 Å². The van der Waals surface area contributed by atoms with Crippen LogP contribution in [0.25, 0.3) is 0 Å². The van der Waals surface area contributed by atoms with Crippen LogP contribution >= 0.6 is 11.6 Å². The predicted molar refractivity (Wildman–Crippen MR) is 73.4 cm³/mol. The number of nitrogens with two attached hydrogens (primary N) is 1. The Hall–Kier alpha value is -1.33. The van der Waals surface area contributed by atoms with E-state index in [1.807, 2.05) is 6.92 Å². The molecule has 0 saturated carbocycles. The van der Waals surface area contributed by atoms with Crippen molar-refractivity contribution in [1.29, 1.82) is 0 Å². The number of hydrogen-bond donors (Lipinski definition) is 3. The molecule has 0 fully saturated rings. The molecule has 1 heterocycles. The monoisotopic (exact) mass is 270 g/mol. The van der Waals surface area contributed by atoms with Crippen LogP contribution in [0.5, 0.6) is 0 Å². The molecule has 0 aliphatic heterocycles. The van der Waals surface area contributed by atoms with Crippen molar-refractivity contribution in [3.8, 4) is 0 Å². The lowest BCUT2D eigenvalue weighted by atomic mass is 10.0. The van der Waals surface area contributed by atoms with E-state index in [9.17, 15) is 4.79 Å². The highest BCUT2D eigenvalue weighted by atomic mass is 35.5. The van der Waals surface area contributed by atoms with Gasteiger partial charge in [-0.3, -0.25) is 4.79 Å². The largest absolute Gasteiger partial charge is 0.348 e. The number of aromatic nitrogens is 1. The lowest BCUT2D eigenvalue weighted by molar-refractivity contribution is 0.0920. The van der Waals surface area contributed by atoms with Crippen LogP contribution in [0.3, 0.4) is 0 Å². The molecule has 1 amide bonds. The van der Waals surface area contributed by atoms with E-state index in [1.165, 1.54) is 0 Å². The van der Waals surface area contributed by atoms with E-state index >= 15 is 0 Å². The summed E-state index contributed by atoms with van der Waals surface area (Å²) in [5.41, 5.74) is 2.58. The molecule has 0 aromatic carbocycles. The Morgan fingerprint density at radius 2 is 2.17 bits per heavy atom. The first-order valence-electron chi connectivity index (χ1n) is 5.93. The number of hydrazine groups is 1. The molecule has 6 heteroatoms. The van der Waals surface area contributed by atoms with Crippen molar-refractivity contribution in [3.05, 3.63) is 22.8 Å². The van der Waals surface area contributed by atoms with Gasteiger partial charge in [-0.2, -0.15) is 0 Å². The Balaban J connectivity index is 2.89. The average Bonchev–Trinajstić information content (AvgIpc) is 2.35. The normalized spacial score (nSPS) is 12.3. The molecule has 0 aliphatic rings. The van der Waals surface area contributed by atoms with Gasteiger partial charge in [-0.1, -0.05) is 32.4 Å². The maximum Gasteiger partial charge on any atom is 0.271 e. The number of nitrogens with zero attached hydrogens (tertiary/aromatic N) is 1. The third-order valence-electron chi connectivity index (χ3n) is 2.77. The number of carbonyl (C=O) groups is 1. The Labute approximate surface area is 112 Å². The molecule has 1 rings (SSSR count). The van der Waals surface area contributed by atoms with Gasteiger partial charge in [-0.25, -0.2) is 10.8 Å². The third kappa shape index (κ3) is 3.58. The molecule has 0 saturated heterocycles. The molecule has 1 aromatic heterocycles. The zero-order chi connectivity index (χ0) is 13.7. The summed E-state index contributed by atoms with van der Waals surface area (Å²) in [5.74, 6) is 5.74. The van der Waals surface area contributed by atoms with Crippen LogP contribution in [0.2, 0.25) is 5.02 Å². The number of hydrogen-bond acceptors (Lipinski definition) is 4. The van der Waals surface area contributed by atoms with E-state index in [0.29, 0.717) is 16.8 Å². The number of carbonyl (C=O) groups excluding carboxylic acids is 1. The van der Waals surface area contributed by atoms with Crippen LogP contribution in [0, 0.1) is 5.92 Å². The average molecular weight is 271 g/mol. The molecule has 0 radical (unpaired) electrons. The lowest BCUT2D eigenvalue weighted by Crippen LogP contribution is -2.38. The Kier molecular flexibility index (Phi) is 5.37. The van der Waals surface area contributed by atoms with Gasteiger partial charge < -0.3 is 10.7 Å². The molecule has 1 aromatic rings. The van der Waals surface area contributed by atoms with Gasteiger partial charge >= 0.3 is 0 Å². The SMILES string of the molecule is CCC(NC(=O)c1nc(NN)ccc1Cl)C(C)C. The van der Waals surface area contributed by atoms with E-state index in [4.69, 9.17) is 17.4 Å². The summed E-state index contributed by atoms with van der Waals surface area (Å²) in [5, 5.41) is 3.23. The van der Waals surface area contributed by atoms with Crippen molar-refractivity contribution in [2.75, 3.05) is 5.43 Å². The first-order chi connectivity index (χ1) is 8.49. The fourth-order valence-corrected chi connectivity index (χ4v) is 1.85. The van der Waals surface area contributed by atoms with Crippen molar-refractivity contribution < 1.29 is 4.79 Å². The number of amides is 1. The van der Waals surface area contributed by atoms with Crippen LogP contribution in [0.1, 0.15) is 37.7 Å². The predicted octanol–water partition coefficient (Wildman–Crippen LogP) is 2.19. The van der Waals surface area contributed by atoms with Gasteiger partial charge in [-0.15, -0.1) is 0 Å². The minimum Gasteiger partial charge on any atom is -0.348 e. The minimum absolute atomic E-state index is 0.102. The fourth-order valence-electron chi connectivity index (χ4n) is 1.66. The zero-order valence-electron chi connectivity index (χ0n) is 10.8. The van der Waals surface area contributed by atoms with Crippen LogP contribution in [-0.2, 0) is 0 Å². The number of nitrogen functional groups attached to an aromatic ring is 1. The third-order valence-corrected chi connectivity index (χ3v) is 3.08. The zero-order valence-corrected chi connectivity index (χ0v) is 11.6. The second kappa shape index (κ2) is 6.56. The van der Waals surface area contributed by atoms with Gasteiger partial charge in [0.05, 0.1) is 5.02 Å². The molecule has 18 heavy (non-hydrogen) atoms. The first-order valence-corrected chi connectivity index (χ1v) is 6.31. The first kappa shape index (κ1) is 14.7. The summed E-state index contributed by atoms with van der Waals surface area (Å²) < 4.78 is 0. The molecular formula is C12H19ClN4O. The summed E-state index contributed by atoms with van der Waals surface area (Å²) in [7, 11) is 0. The molecule has 4 N–H and O–H groups in total. The highest BCUT2D eigenvalue weighted by Gasteiger charge is 2.18. The number of nitrogens with one attached hydrogen (secondary N) is 2. The van der Waals surface area contributed by atoms with E-state index in [2.05, 4.69) is 29.6 Å². The summed E-state index contributed by atoms with van der Waals surface area (Å²) >= 11 is 5.96. The fraction of sp³-hybridized carbons (Fsp3) is 0.500. The number of pyridine rings is 1. The molecule has 0 bridgehead atoms. The summed E-state index contributed by atoms with van der Waals surface area (Å²) in [6.45, 7) is 6.14. The number of anilines is 1. The molecule has 1 atom stereocenters. The van der Waals surface area contributed by atoms with Gasteiger partial charge in [-0.05, 0) is 24.5 Å². The molecule has 1 unspecified atom stereocenters. The number of halogens is 1. The van der Waals surface area contributed by atoms with Gasteiger partial charge in [0, 0.05) is 6.04 Å². The van der Waals surface area contributed by atoms with Crippen LogP contribution in [0.4, 0.5) is 5.82 Å². The van der Waals surface area contributed by atoms with Crippen molar-refractivity contribution >= 4 is 23.3 Å². The minimum atomic E-state index is -0.280. The molecular weight excluding hydrogens is 252 g/mol. The van der Waals surface area contributed by atoms with Crippen molar-refractivity contribution in [2.24, 2.45) is 11.8 Å². The maximum atomic E-state index is 12.1. The van der Waals surface area contributed by atoms with Gasteiger partial charge in [0.1, 0.15) is 11.5 Å². The van der Waals surface area contributed by atoms with Gasteiger partial charge in [0.15, 0.2) is 0 Å². The van der Waals surface area contributed by atoms with E-state index in [1.54, 1.807) is 12.1 Å². The molecule has 0 aliphatic carbocycles. The number of rotatable bonds is 5. The Bertz CT molecular complexity index is 423. The van der Waals surface area contributed by atoms with Gasteiger partial charge in [0.25, 0.3) is 5.91 Å².